The van der Waals surface area contributed by atoms with Gasteiger partial charge in [-0.05, 0) is 110 Å². The summed E-state index contributed by atoms with van der Waals surface area (Å²) in [6.07, 6.45) is 0. The predicted octanol–water partition coefficient (Wildman–Crippen LogP) is 10.8. The van der Waals surface area contributed by atoms with Crippen molar-refractivity contribution in [2.75, 3.05) is 36.0 Å². The van der Waals surface area contributed by atoms with Gasteiger partial charge in [-0.2, -0.15) is 0 Å². The van der Waals surface area contributed by atoms with E-state index in [2.05, 4.69) is 119 Å². The molecule has 0 aliphatic rings. The number of fused-ring (bicyclic) bond motifs is 2. The molecule has 0 radical (unpaired) electrons. The van der Waals surface area contributed by atoms with Crippen LogP contribution in [0.4, 0.5) is 11.4 Å². The first-order valence-electron chi connectivity index (χ1n) is 17.9. The summed E-state index contributed by atoms with van der Waals surface area (Å²) < 4.78 is 12.0. The van der Waals surface area contributed by atoms with Crippen LogP contribution in [0.25, 0.3) is 67.4 Å². The molecule has 0 unspecified atom stereocenters. The largest absolute Gasteiger partial charge is 0.416 e. The van der Waals surface area contributed by atoms with Crippen molar-refractivity contribution in [3.05, 3.63) is 133 Å². The minimum absolute atomic E-state index is 0.541. The number of aromatic nitrogens is 4. The Balaban J connectivity index is 0.000000162. The number of hydrogen-bond donors (Lipinski definition) is 0. The topological polar surface area (TPSA) is 84.3 Å². The van der Waals surface area contributed by atoms with Gasteiger partial charge in [0.25, 0.3) is 0 Å². The lowest BCUT2D eigenvalue weighted by molar-refractivity contribution is 0.584. The number of hydrogen-bond acceptors (Lipinski definition) is 8. The molecule has 0 atom stereocenters. The summed E-state index contributed by atoms with van der Waals surface area (Å²) in [7, 11) is 0. The fourth-order valence-corrected chi connectivity index (χ4v) is 6.53. The van der Waals surface area contributed by atoms with Gasteiger partial charge >= 0.3 is 0 Å². The second-order valence-electron chi connectivity index (χ2n) is 12.3. The first kappa shape index (κ1) is 34.2. The molecular weight excluding hydrogens is 645 g/mol. The lowest BCUT2D eigenvalue weighted by Crippen LogP contribution is -2.21. The molecule has 0 N–H and O–H groups in total. The summed E-state index contributed by atoms with van der Waals surface area (Å²) in [6.45, 7) is 12.6. The highest BCUT2D eigenvalue weighted by Gasteiger charge is 2.15. The highest BCUT2D eigenvalue weighted by atomic mass is 16.4. The van der Waals surface area contributed by atoms with Crippen LogP contribution in [0, 0.1) is 0 Å². The van der Waals surface area contributed by atoms with Gasteiger partial charge < -0.3 is 18.6 Å². The van der Waals surface area contributed by atoms with E-state index in [0.29, 0.717) is 23.6 Å². The highest BCUT2D eigenvalue weighted by Crippen LogP contribution is 2.33. The Morgan fingerprint density at radius 2 is 0.731 bits per heavy atom. The van der Waals surface area contributed by atoms with Crippen molar-refractivity contribution in [2.45, 2.75) is 27.7 Å². The van der Waals surface area contributed by atoms with Crippen LogP contribution in [0.1, 0.15) is 27.7 Å². The summed E-state index contributed by atoms with van der Waals surface area (Å²) in [6, 6.07) is 45.2. The van der Waals surface area contributed by atoms with Crippen molar-refractivity contribution in [1.29, 1.82) is 0 Å². The quantitative estimate of drug-likeness (QED) is 0.141. The van der Waals surface area contributed by atoms with Gasteiger partial charge in [-0.1, -0.05) is 72.8 Å². The van der Waals surface area contributed by atoms with E-state index in [-0.39, 0.29) is 0 Å². The Hall–Kier alpha value is -6.28. The van der Waals surface area contributed by atoms with Crippen LogP contribution in [-0.4, -0.2) is 46.6 Å². The van der Waals surface area contributed by atoms with E-state index in [1.807, 2.05) is 72.8 Å². The first-order valence-corrected chi connectivity index (χ1v) is 17.9. The first-order chi connectivity index (χ1) is 25.6. The average molecular weight is 687 g/mol. The van der Waals surface area contributed by atoms with Gasteiger partial charge in [-0.15, -0.1) is 20.4 Å². The molecule has 52 heavy (non-hydrogen) atoms. The Morgan fingerprint density at radius 1 is 0.385 bits per heavy atom. The molecule has 2 aromatic heterocycles. The minimum atomic E-state index is 0.541. The van der Waals surface area contributed by atoms with Gasteiger partial charge in [0.05, 0.1) is 0 Å². The van der Waals surface area contributed by atoms with Crippen molar-refractivity contribution >= 4 is 32.9 Å². The molecule has 0 fully saturated rings. The maximum atomic E-state index is 6.05. The fraction of sp³-hybridized carbons (Fsp3) is 0.182. The van der Waals surface area contributed by atoms with E-state index in [1.165, 1.54) is 11.4 Å². The summed E-state index contributed by atoms with van der Waals surface area (Å²) in [5, 5.41) is 21.6. The van der Waals surface area contributed by atoms with Crippen LogP contribution in [0.3, 0.4) is 0 Å². The van der Waals surface area contributed by atoms with Gasteiger partial charge in [0.1, 0.15) is 0 Å². The number of nitrogens with zero attached hydrogens (tertiary/aromatic N) is 6. The summed E-state index contributed by atoms with van der Waals surface area (Å²) in [4.78, 5) is 4.61. The highest BCUT2D eigenvalue weighted by molar-refractivity contribution is 5.96. The van der Waals surface area contributed by atoms with Crippen LogP contribution in [0.5, 0.6) is 0 Å². The van der Waals surface area contributed by atoms with Gasteiger partial charge in [0.2, 0.25) is 23.6 Å². The van der Waals surface area contributed by atoms with Crippen molar-refractivity contribution < 1.29 is 8.83 Å². The third-order valence-electron chi connectivity index (χ3n) is 9.38. The standard InChI is InChI=1S/C22H28N4O.C22H14N2O/c1-5-25(6-2)19-13-9-17(10-14-19)21-23-24-22(27-21)18-11-15-20(16-12-18)26(7-3)8-4;1-3-11-17-15(7-1)9-5-13-19(17)21-23-24-22(25-21)20-14-6-10-16-8-2-4-12-18(16)20/h9-16H,5-8H2,1-4H3;1-14H. The molecule has 0 amide bonds. The number of rotatable bonds is 10. The Bertz CT molecular complexity index is 2200. The molecule has 8 nitrogen and oxygen atoms in total. The fourth-order valence-electron chi connectivity index (χ4n) is 6.53. The molecule has 8 aromatic rings. The predicted molar refractivity (Wildman–Crippen MR) is 212 cm³/mol. The van der Waals surface area contributed by atoms with Gasteiger partial charge in [-0.25, -0.2) is 0 Å². The van der Waals surface area contributed by atoms with E-state index in [0.717, 1.165) is 70.0 Å². The molecule has 0 aliphatic heterocycles. The van der Waals surface area contributed by atoms with Gasteiger partial charge in [0.15, 0.2) is 0 Å². The van der Waals surface area contributed by atoms with Crippen LogP contribution in [0.15, 0.2) is 142 Å². The molecule has 8 rings (SSSR count). The molecule has 2 heterocycles. The molecule has 6 aromatic carbocycles. The molecule has 0 saturated carbocycles. The summed E-state index contributed by atoms with van der Waals surface area (Å²) >= 11 is 0. The third-order valence-corrected chi connectivity index (χ3v) is 9.38. The molecular formula is C44H42N6O2. The SMILES string of the molecule is CCN(CC)c1ccc(-c2nnc(-c3ccc(N(CC)CC)cc3)o2)cc1.c1ccc2c(-c3nnc(-c4cccc5ccccc45)o3)cccc2c1. The smallest absolute Gasteiger partial charge is 0.248 e. The second kappa shape index (κ2) is 15.7. The Morgan fingerprint density at radius 3 is 1.13 bits per heavy atom. The Labute approximate surface area is 304 Å². The molecule has 8 heteroatoms. The van der Waals surface area contributed by atoms with E-state index >= 15 is 0 Å². The maximum absolute atomic E-state index is 6.05. The zero-order chi connectivity index (χ0) is 35.9. The van der Waals surface area contributed by atoms with Gasteiger partial charge in [-0.3, -0.25) is 0 Å². The van der Waals surface area contributed by atoms with Crippen molar-refractivity contribution in [1.82, 2.24) is 20.4 Å². The van der Waals surface area contributed by atoms with Crippen molar-refractivity contribution in [3.8, 4) is 45.8 Å². The third kappa shape index (κ3) is 7.14. The normalized spacial score (nSPS) is 11.0. The van der Waals surface area contributed by atoms with Crippen LogP contribution in [-0.2, 0) is 0 Å². The minimum Gasteiger partial charge on any atom is -0.416 e. The zero-order valence-corrected chi connectivity index (χ0v) is 30.0. The van der Waals surface area contributed by atoms with Gasteiger partial charge in [0, 0.05) is 59.8 Å². The lowest BCUT2D eigenvalue weighted by Gasteiger charge is -2.20. The average Bonchev–Trinajstić information content (AvgIpc) is 3.91. The Kier molecular flexibility index (Phi) is 10.3. The van der Waals surface area contributed by atoms with E-state index in [4.69, 9.17) is 8.83 Å². The lowest BCUT2D eigenvalue weighted by atomic mass is 10.0. The van der Waals surface area contributed by atoms with Crippen LogP contribution < -0.4 is 9.80 Å². The number of benzene rings is 6. The van der Waals surface area contributed by atoms with Crippen LogP contribution in [0.2, 0.25) is 0 Å². The summed E-state index contributed by atoms with van der Waals surface area (Å²) in [5.74, 6) is 2.17. The molecule has 260 valence electrons. The van der Waals surface area contributed by atoms with Crippen LogP contribution >= 0.6 is 0 Å². The van der Waals surface area contributed by atoms with E-state index < -0.39 is 0 Å². The van der Waals surface area contributed by atoms with E-state index in [9.17, 15) is 0 Å². The zero-order valence-electron chi connectivity index (χ0n) is 30.0. The maximum Gasteiger partial charge on any atom is 0.248 e. The second-order valence-corrected chi connectivity index (χ2v) is 12.3. The molecule has 0 saturated heterocycles. The monoisotopic (exact) mass is 686 g/mol. The summed E-state index contributed by atoms with van der Waals surface area (Å²) in [5.41, 5.74) is 6.19. The van der Waals surface area contributed by atoms with E-state index in [1.54, 1.807) is 0 Å². The van der Waals surface area contributed by atoms with Crippen molar-refractivity contribution in [2.24, 2.45) is 0 Å². The van der Waals surface area contributed by atoms with Crippen molar-refractivity contribution in [3.63, 3.8) is 0 Å². The molecule has 0 spiro atoms. The molecule has 0 aliphatic carbocycles. The molecule has 0 bridgehead atoms. The number of anilines is 2.